The Hall–Kier alpha value is -1.72. The molecule has 1 amide bonds. The van der Waals surface area contributed by atoms with Gasteiger partial charge in [-0.3, -0.25) is 9.69 Å². The van der Waals surface area contributed by atoms with Crippen LogP contribution >= 0.6 is 11.3 Å². The molecule has 116 valence electrons. The number of thiophene rings is 1. The molecule has 3 nitrogen and oxygen atoms in total. The highest BCUT2D eigenvalue weighted by atomic mass is 32.1. The summed E-state index contributed by atoms with van der Waals surface area (Å²) in [6, 6.07) is 8.63. The molecule has 3 rings (SSSR count). The second-order valence-corrected chi connectivity index (χ2v) is 6.74. The number of likely N-dealkylation sites (N-methyl/N-ethyl adjacent to an activating group) is 1. The summed E-state index contributed by atoms with van der Waals surface area (Å²) < 4.78 is 13.2. The van der Waals surface area contributed by atoms with Crippen LogP contribution in [0, 0.1) is 5.82 Å². The molecule has 1 aromatic heterocycles. The molecule has 0 unspecified atom stereocenters. The summed E-state index contributed by atoms with van der Waals surface area (Å²) in [5.41, 5.74) is 2.16. The van der Waals surface area contributed by atoms with Gasteiger partial charge >= 0.3 is 0 Å². The smallest absolute Gasteiger partial charge is 0.237 e. The molecule has 0 radical (unpaired) electrons. The number of amides is 1. The molecule has 0 spiro atoms. The highest BCUT2D eigenvalue weighted by molar-refractivity contribution is 7.10. The van der Waals surface area contributed by atoms with Gasteiger partial charge in [0.2, 0.25) is 5.91 Å². The van der Waals surface area contributed by atoms with Crippen molar-refractivity contribution in [2.75, 3.05) is 20.1 Å². The van der Waals surface area contributed by atoms with Gasteiger partial charge in [0.1, 0.15) is 5.82 Å². The van der Waals surface area contributed by atoms with Crippen molar-refractivity contribution in [3.05, 3.63) is 57.5 Å². The normalized spacial score (nSPS) is 14.2. The number of halogens is 1. The van der Waals surface area contributed by atoms with Gasteiger partial charge < -0.3 is 4.90 Å². The molecule has 0 fully saturated rings. The molecule has 5 heteroatoms. The van der Waals surface area contributed by atoms with Gasteiger partial charge in [0, 0.05) is 24.5 Å². The van der Waals surface area contributed by atoms with Crippen LogP contribution in [0.1, 0.15) is 16.0 Å². The second-order valence-electron chi connectivity index (χ2n) is 5.74. The Morgan fingerprint density at radius 3 is 3.09 bits per heavy atom. The van der Waals surface area contributed by atoms with E-state index in [0.717, 1.165) is 18.5 Å². The molecule has 0 bridgehead atoms. The fourth-order valence-corrected chi connectivity index (χ4v) is 3.68. The Bertz CT molecular complexity index is 670. The van der Waals surface area contributed by atoms with Crippen LogP contribution in [0.5, 0.6) is 0 Å². The third kappa shape index (κ3) is 3.54. The standard InChI is InChI=1S/C17H19FN2OS/c1-19(10-13-3-2-4-15(18)9-13)12-17(21)20-7-5-16-14(11-20)6-8-22-16/h2-4,6,8-9H,5,7,10-12H2,1H3. The van der Waals surface area contributed by atoms with E-state index in [1.54, 1.807) is 17.4 Å². The Labute approximate surface area is 134 Å². The van der Waals surface area contributed by atoms with Gasteiger partial charge in [-0.15, -0.1) is 11.3 Å². The first kappa shape index (κ1) is 15.2. The van der Waals surface area contributed by atoms with E-state index in [1.807, 2.05) is 22.9 Å². The summed E-state index contributed by atoms with van der Waals surface area (Å²) in [6.45, 7) is 2.43. The number of carbonyl (C=O) groups excluding carboxylic acids is 1. The van der Waals surface area contributed by atoms with Gasteiger partial charge in [-0.1, -0.05) is 12.1 Å². The van der Waals surface area contributed by atoms with Crippen molar-refractivity contribution >= 4 is 17.2 Å². The average Bonchev–Trinajstić information content (AvgIpc) is 2.94. The summed E-state index contributed by atoms with van der Waals surface area (Å²) >= 11 is 1.77. The number of carbonyl (C=O) groups is 1. The summed E-state index contributed by atoms with van der Waals surface area (Å²) in [5, 5.41) is 2.09. The van der Waals surface area contributed by atoms with Crippen LogP contribution in [0.15, 0.2) is 35.7 Å². The number of fused-ring (bicyclic) bond motifs is 1. The third-order valence-corrected chi connectivity index (χ3v) is 4.93. The predicted molar refractivity (Wildman–Crippen MR) is 86.2 cm³/mol. The number of hydrogen-bond donors (Lipinski definition) is 0. The van der Waals surface area contributed by atoms with E-state index in [2.05, 4.69) is 11.4 Å². The minimum Gasteiger partial charge on any atom is -0.337 e. The Morgan fingerprint density at radius 2 is 2.27 bits per heavy atom. The molecular weight excluding hydrogens is 299 g/mol. The highest BCUT2D eigenvalue weighted by Gasteiger charge is 2.22. The van der Waals surface area contributed by atoms with Crippen molar-refractivity contribution in [2.45, 2.75) is 19.5 Å². The van der Waals surface area contributed by atoms with Gasteiger partial charge in [-0.25, -0.2) is 4.39 Å². The maximum atomic E-state index is 13.2. The van der Waals surface area contributed by atoms with Gasteiger partial charge in [-0.05, 0) is 48.2 Å². The van der Waals surface area contributed by atoms with Crippen LogP contribution in [0.3, 0.4) is 0 Å². The van der Waals surface area contributed by atoms with Gasteiger partial charge in [0.05, 0.1) is 6.54 Å². The van der Waals surface area contributed by atoms with Crippen LogP contribution in [-0.4, -0.2) is 35.8 Å². The lowest BCUT2D eigenvalue weighted by atomic mass is 10.1. The zero-order chi connectivity index (χ0) is 15.5. The lowest BCUT2D eigenvalue weighted by molar-refractivity contribution is -0.133. The minimum atomic E-state index is -0.238. The number of benzene rings is 1. The molecule has 22 heavy (non-hydrogen) atoms. The predicted octanol–water partition coefficient (Wildman–Crippen LogP) is 2.90. The van der Waals surface area contributed by atoms with Gasteiger partial charge in [-0.2, -0.15) is 0 Å². The van der Waals surface area contributed by atoms with Crippen molar-refractivity contribution in [3.8, 4) is 0 Å². The van der Waals surface area contributed by atoms with Crippen LogP contribution in [0.2, 0.25) is 0 Å². The lowest BCUT2D eigenvalue weighted by Gasteiger charge is -2.29. The molecule has 1 aliphatic heterocycles. The SMILES string of the molecule is CN(CC(=O)N1CCc2sccc2C1)Cc1cccc(F)c1. The fourth-order valence-electron chi connectivity index (χ4n) is 2.80. The average molecular weight is 318 g/mol. The number of hydrogen-bond acceptors (Lipinski definition) is 3. The monoisotopic (exact) mass is 318 g/mol. The van der Waals surface area contributed by atoms with Crippen LogP contribution in [0.25, 0.3) is 0 Å². The van der Waals surface area contributed by atoms with Crippen molar-refractivity contribution in [1.29, 1.82) is 0 Å². The molecule has 1 aromatic carbocycles. The summed E-state index contributed by atoms with van der Waals surface area (Å²) in [5.74, 6) is -0.103. The minimum absolute atomic E-state index is 0.135. The molecule has 0 saturated carbocycles. The molecule has 0 saturated heterocycles. The largest absolute Gasteiger partial charge is 0.337 e. The van der Waals surface area contributed by atoms with Gasteiger partial charge in [0.25, 0.3) is 0 Å². The number of nitrogens with zero attached hydrogens (tertiary/aromatic N) is 2. The van der Waals surface area contributed by atoms with Crippen LogP contribution in [-0.2, 0) is 24.3 Å². The van der Waals surface area contributed by atoms with Crippen molar-refractivity contribution in [1.82, 2.24) is 9.80 Å². The molecular formula is C17H19FN2OS. The van der Waals surface area contributed by atoms with Crippen molar-refractivity contribution in [3.63, 3.8) is 0 Å². The molecule has 2 aromatic rings. The van der Waals surface area contributed by atoms with E-state index in [0.29, 0.717) is 19.6 Å². The molecule has 1 aliphatic rings. The fraction of sp³-hybridized carbons (Fsp3) is 0.353. The zero-order valence-corrected chi connectivity index (χ0v) is 13.4. The summed E-state index contributed by atoms with van der Waals surface area (Å²) in [6.07, 6.45) is 0.951. The van der Waals surface area contributed by atoms with E-state index in [9.17, 15) is 9.18 Å². The zero-order valence-electron chi connectivity index (χ0n) is 12.6. The van der Waals surface area contributed by atoms with Crippen LogP contribution < -0.4 is 0 Å². The molecule has 0 atom stereocenters. The van der Waals surface area contributed by atoms with Crippen LogP contribution in [0.4, 0.5) is 4.39 Å². The van der Waals surface area contributed by atoms with E-state index in [1.165, 1.54) is 22.6 Å². The summed E-state index contributed by atoms with van der Waals surface area (Å²) in [4.78, 5) is 17.7. The first-order chi connectivity index (χ1) is 10.6. The van der Waals surface area contributed by atoms with E-state index < -0.39 is 0 Å². The number of rotatable bonds is 4. The maximum Gasteiger partial charge on any atom is 0.237 e. The van der Waals surface area contributed by atoms with Crippen molar-refractivity contribution < 1.29 is 9.18 Å². The van der Waals surface area contributed by atoms with E-state index in [4.69, 9.17) is 0 Å². The Balaban J connectivity index is 1.55. The topological polar surface area (TPSA) is 23.6 Å². The quantitative estimate of drug-likeness (QED) is 0.865. The van der Waals surface area contributed by atoms with Crippen molar-refractivity contribution in [2.24, 2.45) is 0 Å². The maximum absolute atomic E-state index is 13.2. The molecule has 2 heterocycles. The Kier molecular flexibility index (Phi) is 4.55. The molecule has 0 aliphatic carbocycles. The lowest BCUT2D eigenvalue weighted by Crippen LogP contribution is -2.41. The van der Waals surface area contributed by atoms with Gasteiger partial charge in [0.15, 0.2) is 0 Å². The highest BCUT2D eigenvalue weighted by Crippen LogP contribution is 2.24. The summed E-state index contributed by atoms with van der Waals surface area (Å²) in [7, 11) is 1.89. The first-order valence-electron chi connectivity index (χ1n) is 7.38. The second kappa shape index (κ2) is 6.58. The van der Waals surface area contributed by atoms with E-state index in [-0.39, 0.29) is 11.7 Å². The Morgan fingerprint density at radius 1 is 1.41 bits per heavy atom. The molecule has 0 N–H and O–H groups in total. The van der Waals surface area contributed by atoms with E-state index >= 15 is 0 Å². The third-order valence-electron chi connectivity index (χ3n) is 3.91. The first-order valence-corrected chi connectivity index (χ1v) is 8.26.